The Morgan fingerprint density at radius 2 is 2.17 bits per heavy atom. The van der Waals surface area contributed by atoms with Crippen LogP contribution in [0.1, 0.15) is 55.3 Å². The summed E-state index contributed by atoms with van der Waals surface area (Å²) in [4.78, 5) is 37.3. The lowest BCUT2D eigenvalue weighted by molar-refractivity contribution is -0.123. The Morgan fingerprint density at radius 1 is 1.43 bits per heavy atom. The summed E-state index contributed by atoms with van der Waals surface area (Å²) < 4.78 is 5.19. The molecule has 124 valence electrons. The first-order valence-corrected chi connectivity index (χ1v) is 7.88. The molecule has 8 heteroatoms. The molecule has 2 fully saturated rings. The molecular weight excluding hydrogens is 300 g/mol. The highest BCUT2D eigenvalue weighted by Gasteiger charge is 2.52. The number of carbonyl (C=O) groups excluding carboxylic acids is 3. The standard InChI is InChI=1S/C15H20N4O4/c1-3-9(4-2)10-7-11(23-18-10)12(20)19-6-5-15(8-19)13(21)16-14(22)17-15/h7,9H,3-6,8H2,1-2H3,(H2,16,17,21,22). The Labute approximate surface area is 133 Å². The van der Waals surface area contributed by atoms with E-state index in [9.17, 15) is 14.4 Å². The van der Waals surface area contributed by atoms with E-state index in [1.54, 1.807) is 6.07 Å². The number of likely N-dealkylation sites (tertiary alicyclic amines) is 1. The predicted octanol–water partition coefficient (Wildman–Crippen LogP) is 1.00. The lowest BCUT2D eigenvalue weighted by atomic mass is 9.99. The van der Waals surface area contributed by atoms with Crippen LogP contribution in [-0.4, -0.2) is 46.5 Å². The van der Waals surface area contributed by atoms with Crippen molar-refractivity contribution in [1.29, 1.82) is 0 Å². The number of hydrogen-bond acceptors (Lipinski definition) is 5. The second kappa shape index (κ2) is 5.68. The molecular formula is C15H20N4O4. The van der Waals surface area contributed by atoms with Gasteiger partial charge in [-0.2, -0.15) is 0 Å². The zero-order valence-corrected chi connectivity index (χ0v) is 13.2. The van der Waals surface area contributed by atoms with E-state index in [0.29, 0.717) is 13.0 Å². The summed E-state index contributed by atoms with van der Waals surface area (Å²) in [5, 5.41) is 8.83. The Balaban J connectivity index is 1.73. The fourth-order valence-electron chi connectivity index (χ4n) is 3.24. The minimum atomic E-state index is -1.01. The van der Waals surface area contributed by atoms with Gasteiger partial charge in [-0.1, -0.05) is 19.0 Å². The monoisotopic (exact) mass is 320 g/mol. The van der Waals surface area contributed by atoms with Crippen LogP contribution in [0.5, 0.6) is 0 Å². The van der Waals surface area contributed by atoms with Crippen LogP contribution in [0.3, 0.4) is 0 Å². The third-order valence-electron chi connectivity index (χ3n) is 4.71. The maximum atomic E-state index is 12.5. The minimum Gasteiger partial charge on any atom is -0.351 e. The molecule has 1 spiro atoms. The lowest BCUT2D eigenvalue weighted by Crippen LogP contribution is -2.49. The Hall–Kier alpha value is -2.38. The summed E-state index contributed by atoms with van der Waals surface area (Å²) in [6, 6.07) is 1.16. The van der Waals surface area contributed by atoms with Gasteiger partial charge in [0.25, 0.3) is 11.8 Å². The Bertz CT molecular complexity index is 652. The highest BCUT2D eigenvalue weighted by atomic mass is 16.5. The summed E-state index contributed by atoms with van der Waals surface area (Å²) >= 11 is 0. The van der Waals surface area contributed by atoms with Gasteiger partial charge in [0.05, 0.1) is 12.2 Å². The number of carbonyl (C=O) groups is 3. The van der Waals surface area contributed by atoms with Crippen LogP contribution in [0.15, 0.2) is 10.6 Å². The molecule has 1 unspecified atom stereocenters. The third-order valence-corrected chi connectivity index (χ3v) is 4.71. The highest BCUT2D eigenvalue weighted by molar-refractivity contribution is 6.08. The van der Waals surface area contributed by atoms with E-state index in [2.05, 4.69) is 29.6 Å². The van der Waals surface area contributed by atoms with Crippen LogP contribution in [0, 0.1) is 0 Å². The largest absolute Gasteiger partial charge is 0.351 e. The zero-order chi connectivity index (χ0) is 16.6. The SMILES string of the molecule is CCC(CC)c1cc(C(=O)N2CCC3(C2)NC(=O)NC3=O)on1. The van der Waals surface area contributed by atoms with Gasteiger partial charge in [-0.25, -0.2) is 4.79 Å². The zero-order valence-electron chi connectivity index (χ0n) is 13.2. The molecule has 1 aromatic rings. The van der Waals surface area contributed by atoms with Gasteiger partial charge in [0.15, 0.2) is 0 Å². The first-order valence-electron chi connectivity index (χ1n) is 7.88. The van der Waals surface area contributed by atoms with Gasteiger partial charge in [-0.05, 0) is 19.3 Å². The molecule has 2 saturated heterocycles. The topological polar surface area (TPSA) is 105 Å². The van der Waals surface area contributed by atoms with Crippen molar-refractivity contribution >= 4 is 17.8 Å². The quantitative estimate of drug-likeness (QED) is 0.805. The molecule has 2 N–H and O–H groups in total. The molecule has 0 bridgehead atoms. The normalized spacial score (nSPS) is 23.7. The fraction of sp³-hybridized carbons (Fsp3) is 0.600. The molecule has 0 saturated carbocycles. The number of urea groups is 1. The number of nitrogens with zero attached hydrogens (tertiary/aromatic N) is 2. The van der Waals surface area contributed by atoms with E-state index in [-0.39, 0.29) is 30.0 Å². The van der Waals surface area contributed by atoms with E-state index < -0.39 is 11.6 Å². The second-order valence-electron chi connectivity index (χ2n) is 6.10. The number of nitrogens with one attached hydrogen (secondary N) is 2. The van der Waals surface area contributed by atoms with E-state index in [0.717, 1.165) is 18.5 Å². The average molecular weight is 320 g/mol. The van der Waals surface area contributed by atoms with Crippen LogP contribution in [-0.2, 0) is 4.79 Å². The Kier molecular flexibility index (Phi) is 3.83. The van der Waals surface area contributed by atoms with Gasteiger partial charge in [0.1, 0.15) is 5.54 Å². The molecule has 0 radical (unpaired) electrons. The molecule has 0 aliphatic carbocycles. The molecule has 1 aromatic heterocycles. The van der Waals surface area contributed by atoms with Crippen molar-refractivity contribution in [2.45, 2.75) is 44.6 Å². The van der Waals surface area contributed by atoms with Gasteiger partial charge in [-0.3, -0.25) is 14.9 Å². The van der Waals surface area contributed by atoms with Crippen LogP contribution >= 0.6 is 0 Å². The lowest BCUT2D eigenvalue weighted by Gasteiger charge is -2.20. The van der Waals surface area contributed by atoms with Crippen molar-refractivity contribution in [3.05, 3.63) is 17.5 Å². The molecule has 0 aromatic carbocycles. The fourth-order valence-corrected chi connectivity index (χ4v) is 3.24. The Morgan fingerprint density at radius 3 is 2.78 bits per heavy atom. The summed E-state index contributed by atoms with van der Waals surface area (Å²) in [7, 11) is 0. The molecule has 3 rings (SSSR count). The first kappa shape index (κ1) is 15.5. The van der Waals surface area contributed by atoms with Crippen LogP contribution in [0.25, 0.3) is 0 Å². The number of amides is 4. The average Bonchev–Trinajstić information content (AvgIpc) is 3.21. The maximum Gasteiger partial charge on any atom is 0.322 e. The summed E-state index contributed by atoms with van der Waals surface area (Å²) in [6.45, 7) is 4.66. The molecule has 23 heavy (non-hydrogen) atoms. The van der Waals surface area contributed by atoms with Crippen LogP contribution in [0.2, 0.25) is 0 Å². The van der Waals surface area contributed by atoms with Crippen molar-refractivity contribution < 1.29 is 18.9 Å². The number of aromatic nitrogens is 1. The van der Waals surface area contributed by atoms with Crippen molar-refractivity contribution in [3.8, 4) is 0 Å². The molecule has 2 aliphatic heterocycles. The van der Waals surface area contributed by atoms with Crippen molar-refractivity contribution in [3.63, 3.8) is 0 Å². The number of imide groups is 1. The van der Waals surface area contributed by atoms with Crippen molar-refractivity contribution in [1.82, 2.24) is 20.7 Å². The molecule has 8 nitrogen and oxygen atoms in total. The van der Waals surface area contributed by atoms with Gasteiger partial charge < -0.3 is 14.7 Å². The van der Waals surface area contributed by atoms with Crippen molar-refractivity contribution in [2.75, 3.05) is 13.1 Å². The van der Waals surface area contributed by atoms with E-state index in [1.165, 1.54) is 4.90 Å². The molecule has 4 amide bonds. The maximum absolute atomic E-state index is 12.5. The molecule has 2 aliphatic rings. The highest BCUT2D eigenvalue weighted by Crippen LogP contribution is 2.27. The van der Waals surface area contributed by atoms with Crippen molar-refractivity contribution in [2.24, 2.45) is 0 Å². The van der Waals surface area contributed by atoms with Gasteiger partial charge in [-0.15, -0.1) is 0 Å². The van der Waals surface area contributed by atoms with E-state index >= 15 is 0 Å². The third kappa shape index (κ3) is 2.58. The van der Waals surface area contributed by atoms with Gasteiger partial charge in [0.2, 0.25) is 5.76 Å². The molecule has 3 heterocycles. The van der Waals surface area contributed by atoms with Gasteiger partial charge >= 0.3 is 6.03 Å². The predicted molar refractivity (Wildman–Crippen MR) is 79.8 cm³/mol. The van der Waals surface area contributed by atoms with E-state index in [1.807, 2.05) is 0 Å². The first-order chi connectivity index (χ1) is 11.0. The van der Waals surface area contributed by atoms with Crippen LogP contribution < -0.4 is 10.6 Å². The summed E-state index contributed by atoms with van der Waals surface area (Å²) in [6.07, 6.45) is 2.25. The minimum absolute atomic E-state index is 0.143. The molecule has 1 atom stereocenters. The summed E-state index contributed by atoms with van der Waals surface area (Å²) in [5.74, 6) is -0.243. The van der Waals surface area contributed by atoms with E-state index in [4.69, 9.17) is 4.52 Å². The van der Waals surface area contributed by atoms with Crippen LogP contribution in [0.4, 0.5) is 4.79 Å². The second-order valence-corrected chi connectivity index (χ2v) is 6.10. The number of rotatable bonds is 4. The summed E-state index contributed by atoms with van der Waals surface area (Å²) in [5.41, 5.74) is -0.232. The number of hydrogen-bond donors (Lipinski definition) is 2. The smallest absolute Gasteiger partial charge is 0.322 e. The van der Waals surface area contributed by atoms with Gasteiger partial charge in [0, 0.05) is 18.5 Å².